The molecule has 0 spiro atoms. The summed E-state index contributed by atoms with van der Waals surface area (Å²) in [6, 6.07) is 16.2. The van der Waals surface area contributed by atoms with Crippen molar-refractivity contribution in [2.45, 2.75) is 0 Å². The lowest BCUT2D eigenvalue weighted by Crippen LogP contribution is -2.20. The zero-order chi connectivity index (χ0) is 14.8. The number of para-hydroxylation sites is 2. The van der Waals surface area contributed by atoms with Crippen LogP contribution in [-0.2, 0) is 0 Å². The summed E-state index contributed by atoms with van der Waals surface area (Å²) in [5, 5.41) is 13.0. The summed E-state index contributed by atoms with van der Waals surface area (Å²) in [4.78, 5) is 26.0. The highest BCUT2D eigenvalue weighted by Gasteiger charge is 2.18. The molecule has 3 rings (SSSR count). The van der Waals surface area contributed by atoms with E-state index < -0.39 is 11.5 Å². The first kappa shape index (κ1) is 12.9. The topological polar surface area (TPSA) is 82.2 Å². The number of nitrogens with one attached hydrogen (secondary N) is 2. The molecule has 104 valence electrons. The van der Waals surface area contributed by atoms with Gasteiger partial charge in [0.15, 0.2) is 0 Å². The van der Waals surface area contributed by atoms with Crippen LogP contribution in [0.4, 0.5) is 11.4 Å². The first-order valence-corrected chi connectivity index (χ1v) is 6.37. The molecular weight excluding hydrogens is 268 g/mol. The zero-order valence-corrected chi connectivity index (χ0v) is 11.0. The lowest BCUT2D eigenvalue weighted by Gasteiger charge is -2.12. The Morgan fingerprint density at radius 2 is 1.67 bits per heavy atom. The minimum Gasteiger partial charge on any atom is -0.477 e. The molecule has 0 atom stereocenters. The molecule has 5 heteroatoms. The molecule has 0 bridgehead atoms. The summed E-state index contributed by atoms with van der Waals surface area (Å²) in [6.07, 6.45) is 0. The van der Waals surface area contributed by atoms with E-state index in [-0.39, 0.29) is 5.56 Å². The molecule has 0 aliphatic rings. The number of aromatic nitrogens is 1. The molecule has 3 aromatic rings. The van der Waals surface area contributed by atoms with Crippen LogP contribution in [0.15, 0.2) is 59.4 Å². The second kappa shape index (κ2) is 5.13. The molecule has 0 aliphatic carbocycles. The highest BCUT2D eigenvalue weighted by Crippen LogP contribution is 2.27. The molecular formula is C16H12N2O3. The lowest BCUT2D eigenvalue weighted by atomic mass is 10.1. The molecule has 3 N–H and O–H groups in total. The van der Waals surface area contributed by atoms with E-state index in [9.17, 15) is 14.7 Å². The predicted octanol–water partition coefficient (Wildman–Crippen LogP) is 2.97. The minimum absolute atomic E-state index is 0.294. The fraction of sp³-hybridized carbons (Fsp3) is 0. The Balaban J connectivity index is 2.29. The van der Waals surface area contributed by atoms with Gasteiger partial charge < -0.3 is 15.4 Å². The first-order chi connectivity index (χ1) is 10.2. The Hall–Kier alpha value is -3.08. The van der Waals surface area contributed by atoms with E-state index in [0.717, 1.165) is 5.69 Å². The third kappa shape index (κ3) is 2.36. The summed E-state index contributed by atoms with van der Waals surface area (Å²) in [5.74, 6) is -1.26. The highest BCUT2D eigenvalue weighted by molar-refractivity contribution is 6.05. The molecule has 21 heavy (non-hydrogen) atoms. The predicted molar refractivity (Wildman–Crippen MR) is 81.3 cm³/mol. The number of hydrogen-bond donors (Lipinski definition) is 3. The SMILES string of the molecule is O=C(O)c1c(Nc2ccccc2)c2ccccc2[nH]c1=O. The molecule has 0 amide bonds. The van der Waals surface area contributed by atoms with Crippen molar-refractivity contribution in [3.63, 3.8) is 0 Å². The van der Waals surface area contributed by atoms with Crippen LogP contribution in [0.2, 0.25) is 0 Å². The van der Waals surface area contributed by atoms with Gasteiger partial charge in [-0.15, -0.1) is 0 Å². The van der Waals surface area contributed by atoms with Crippen LogP contribution >= 0.6 is 0 Å². The Morgan fingerprint density at radius 1 is 1.00 bits per heavy atom. The van der Waals surface area contributed by atoms with E-state index in [2.05, 4.69) is 10.3 Å². The third-order valence-electron chi connectivity index (χ3n) is 3.18. The highest BCUT2D eigenvalue weighted by atomic mass is 16.4. The van der Waals surface area contributed by atoms with E-state index in [1.807, 2.05) is 30.3 Å². The molecule has 1 aromatic heterocycles. The summed E-state index contributed by atoms with van der Waals surface area (Å²) in [7, 11) is 0. The number of anilines is 2. The number of aromatic carboxylic acids is 1. The smallest absolute Gasteiger partial charge is 0.343 e. The number of carboxylic acids is 1. The monoisotopic (exact) mass is 280 g/mol. The van der Waals surface area contributed by atoms with Crippen LogP contribution in [0.1, 0.15) is 10.4 Å². The first-order valence-electron chi connectivity index (χ1n) is 6.37. The Morgan fingerprint density at radius 3 is 2.38 bits per heavy atom. The van der Waals surface area contributed by atoms with Gasteiger partial charge in [0.05, 0.1) is 11.2 Å². The van der Waals surface area contributed by atoms with E-state index >= 15 is 0 Å². The second-order valence-electron chi connectivity index (χ2n) is 4.55. The van der Waals surface area contributed by atoms with E-state index in [0.29, 0.717) is 16.6 Å². The third-order valence-corrected chi connectivity index (χ3v) is 3.18. The van der Waals surface area contributed by atoms with Crippen molar-refractivity contribution in [3.05, 3.63) is 70.5 Å². The molecule has 0 fully saturated rings. The van der Waals surface area contributed by atoms with Crippen LogP contribution < -0.4 is 10.9 Å². The van der Waals surface area contributed by atoms with Crippen molar-refractivity contribution < 1.29 is 9.90 Å². The minimum atomic E-state index is -1.26. The van der Waals surface area contributed by atoms with Crippen LogP contribution in [0, 0.1) is 0 Å². The number of carbonyl (C=O) groups is 1. The number of H-pyrrole nitrogens is 1. The van der Waals surface area contributed by atoms with Crippen LogP contribution in [-0.4, -0.2) is 16.1 Å². The average Bonchev–Trinajstić information content (AvgIpc) is 2.47. The van der Waals surface area contributed by atoms with Gasteiger partial charge in [-0.3, -0.25) is 4.79 Å². The van der Waals surface area contributed by atoms with Gasteiger partial charge in [0.25, 0.3) is 5.56 Å². The maximum atomic E-state index is 12.0. The molecule has 0 saturated heterocycles. The standard InChI is InChI=1S/C16H12N2O3/c19-15-13(16(20)21)14(17-10-6-2-1-3-7-10)11-8-4-5-9-12(11)18-15/h1-9H,(H,20,21)(H2,17,18,19). The molecule has 2 aromatic carbocycles. The number of pyridine rings is 1. The van der Waals surface area contributed by atoms with Gasteiger partial charge in [-0.25, -0.2) is 4.79 Å². The number of carboxylic acid groups (broad SMARTS) is 1. The van der Waals surface area contributed by atoms with Crippen molar-refractivity contribution in [1.29, 1.82) is 0 Å². The quantitative estimate of drug-likeness (QED) is 0.689. The Labute approximate surface area is 119 Å². The molecule has 0 aliphatic heterocycles. The summed E-state index contributed by atoms with van der Waals surface area (Å²) in [5.41, 5.74) is 0.687. The summed E-state index contributed by atoms with van der Waals surface area (Å²) < 4.78 is 0. The molecule has 0 saturated carbocycles. The average molecular weight is 280 g/mol. The number of hydrogen-bond acceptors (Lipinski definition) is 3. The Kier molecular flexibility index (Phi) is 3.16. The van der Waals surface area contributed by atoms with Gasteiger partial charge in [0.1, 0.15) is 5.56 Å². The fourth-order valence-electron chi connectivity index (χ4n) is 2.24. The van der Waals surface area contributed by atoms with Crippen molar-refractivity contribution in [2.75, 3.05) is 5.32 Å². The van der Waals surface area contributed by atoms with E-state index in [4.69, 9.17) is 0 Å². The Bertz CT molecular complexity index is 870. The number of aromatic amines is 1. The van der Waals surface area contributed by atoms with Gasteiger partial charge in [-0.1, -0.05) is 36.4 Å². The number of benzene rings is 2. The van der Waals surface area contributed by atoms with Crippen molar-refractivity contribution in [2.24, 2.45) is 0 Å². The summed E-state index contributed by atoms with van der Waals surface area (Å²) >= 11 is 0. The largest absolute Gasteiger partial charge is 0.477 e. The molecule has 0 unspecified atom stereocenters. The van der Waals surface area contributed by atoms with Gasteiger partial charge in [0, 0.05) is 11.1 Å². The number of rotatable bonds is 3. The van der Waals surface area contributed by atoms with Gasteiger partial charge in [0.2, 0.25) is 0 Å². The zero-order valence-electron chi connectivity index (χ0n) is 11.0. The normalized spacial score (nSPS) is 10.5. The fourth-order valence-corrected chi connectivity index (χ4v) is 2.24. The molecule has 1 heterocycles. The van der Waals surface area contributed by atoms with E-state index in [1.165, 1.54) is 0 Å². The van der Waals surface area contributed by atoms with Crippen LogP contribution in [0.3, 0.4) is 0 Å². The van der Waals surface area contributed by atoms with E-state index in [1.54, 1.807) is 24.3 Å². The van der Waals surface area contributed by atoms with Crippen LogP contribution in [0.5, 0.6) is 0 Å². The molecule has 0 radical (unpaired) electrons. The van der Waals surface area contributed by atoms with Gasteiger partial charge in [-0.2, -0.15) is 0 Å². The lowest BCUT2D eigenvalue weighted by molar-refractivity contribution is 0.0696. The van der Waals surface area contributed by atoms with Crippen LogP contribution in [0.25, 0.3) is 10.9 Å². The van der Waals surface area contributed by atoms with Gasteiger partial charge >= 0.3 is 5.97 Å². The maximum absolute atomic E-state index is 12.0. The van der Waals surface area contributed by atoms with Crippen molar-refractivity contribution in [1.82, 2.24) is 4.98 Å². The number of fused-ring (bicyclic) bond motifs is 1. The molecule has 5 nitrogen and oxygen atoms in total. The maximum Gasteiger partial charge on any atom is 0.343 e. The van der Waals surface area contributed by atoms with Gasteiger partial charge in [-0.05, 0) is 18.2 Å². The summed E-state index contributed by atoms with van der Waals surface area (Å²) in [6.45, 7) is 0. The second-order valence-corrected chi connectivity index (χ2v) is 4.55. The van der Waals surface area contributed by atoms with Crippen molar-refractivity contribution >= 4 is 28.2 Å². The van der Waals surface area contributed by atoms with Crippen molar-refractivity contribution in [3.8, 4) is 0 Å².